The number of hydrogen-bond acceptors (Lipinski definition) is 5. The molecule has 0 radical (unpaired) electrons. The molecule has 0 aromatic rings. The molecule has 1 unspecified atom stereocenters. The fourth-order valence-electron chi connectivity index (χ4n) is 1.07. The first-order chi connectivity index (χ1) is 7.28. The van der Waals surface area contributed by atoms with Crippen LogP contribution >= 0.6 is 0 Å². The van der Waals surface area contributed by atoms with Gasteiger partial charge in [0.05, 0.1) is 12.2 Å². The summed E-state index contributed by atoms with van der Waals surface area (Å²) in [4.78, 5) is 11.3. The molecule has 0 rings (SSSR count). The normalized spacial score (nSPS) is 15.0. The van der Waals surface area contributed by atoms with Gasteiger partial charge < -0.3 is 14.9 Å². The van der Waals surface area contributed by atoms with Crippen LogP contribution in [0, 0.1) is 11.3 Å². The number of nitriles is 1. The van der Waals surface area contributed by atoms with Crippen LogP contribution in [0.2, 0.25) is 0 Å². The lowest BCUT2D eigenvalue weighted by molar-refractivity contribution is -0.171. The Balaban J connectivity index is 4.07. The average Bonchev–Trinajstić information content (AvgIpc) is 2.14. The largest absolute Gasteiger partial charge is 0.458 e. The minimum atomic E-state index is -1.54. The van der Waals surface area contributed by atoms with E-state index in [-0.39, 0.29) is 12.8 Å². The summed E-state index contributed by atoms with van der Waals surface area (Å²) >= 11 is 0. The molecular formula is C11H19NO4. The molecule has 0 aliphatic carbocycles. The van der Waals surface area contributed by atoms with Crippen molar-refractivity contribution >= 4 is 5.97 Å². The minimum absolute atomic E-state index is 0.202. The molecule has 2 N–H and O–H groups in total. The lowest BCUT2D eigenvalue weighted by atomic mass is 10.1. The predicted molar refractivity (Wildman–Crippen MR) is 57.3 cm³/mol. The van der Waals surface area contributed by atoms with Gasteiger partial charge in [0, 0.05) is 6.42 Å². The van der Waals surface area contributed by atoms with E-state index in [0.717, 1.165) is 0 Å². The Morgan fingerprint density at radius 3 is 2.44 bits per heavy atom. The van der Waals surface area contributed by atoms with Crippen LogP contribution in [-0.4, -0.2) is 34.0 Å². The van der Waals surface area contributed by atoms with Gasteiger partial charge in [-0.1, -0.05) is 0 Å². The van der Waals surface area contributed by atoms with Gasteiger partial charge in [-0.05, 0) is 33.6 Å². The molecule has 92 valence electrons. The van der Waals surface area contributed by atoms with Crippen molar-refractivity contribution < 1.29 is 19.7 Å². The van der Waals surface area contributed by atoms with E-state index in [1.807, 2.05) is 6.07 Å². The zero-order chi connectivity index (χ0) is 12.8. The number of unbranched alkanes of at least 4 members (excludes halogenated alkanes) is 1. The maximum atomic E-state index is 11.3. The van der Waals surface area contributed by atoms with Crippen molar-refractivity contribution in [1.82, 2.24) is 0 Å². The number of aliphatic hydroxyl groups is 2. The van der Waals surface area contributed by atoms with E-state index >= 15 is 0 Å². The van der Waals surface area contributed by atoms with E-state index in [2.05, 4.69) is 0 Å². The number of hydrogen-bond donors (Lipinski definition) is 2. The molecule has 0 fully saturated rings. The molecule has 0 amide bonds. The molecule has 0 spiro atoms. The summed E-state index contributed by atoms with van der Waals surface area (Å²) in [6.07, 6.45) is -1.79. The van der Waals surface area contributed by atoms with Crippen LogP contribution in [0.1, 0.15) is 40.0 Å². The monoisotopic (exact) mass is 229 g/mol. The van der Waals surface area contributed by atoms with Gasteiger partial charge in [0.25, 0.3) is 0 Å². The Kier molecular flexibility index (Phi) is 6.01. The first kappa shape index (κ1) is 14.9. The summed E-state index contributed by atoms with van der Waals surface area (Å²) in [6, 6.07) is 1.92. The van der Waals surface area contributed by atoms with Gasteiger partial charge in [-0.25, -0.2) is 4.79 Å². The summed E-state index contributed by atoms with van der Waals surface area (Å²) in [5.74, 6) is -0.836. The van der Waals surface area contributed by atoms with E-state index in [0.29, 0.717) is 6.42 Å². The number of nitrogens with zero attached hydrogens (tertiary/aromatic N) is 1. The zero-order valence-corrected chi connectivity index (χ0v) is 9.93. The summed E-state index contributed by atoms with van der Waals surface area (Å²) in [5.41, 5.74) is -0.690. The Labute approximate surface area is 95.6 Å². The molecule has 0 aromatic carbocycles. The lowest BCUT2D eigenvalue weighted by Gasteiger charge is -2.23. The predicted octanol–water partition coefficient (Wildman–Crippen LogP) is 0.744. The van der Waals surface area contributed by atoms with E-state index in [1.165, 1.54) is 0 Å². The molecule has 0 aromatic heterocycles. The number of esters is 1. The third-order valence-corrected chi connectivity index (χ3v) is 1.80. The van der Waals surface area contributed by atoms with Crippen LogP contribution < -0.4 is 0 Å². The Morgan fingerprint density at radius 1 is 1.44 bits per heavy atom. The molecule has 16 heavy (non-hydrogen) atoms. The van der Waals surface area contributed by atoms with Crippen LogP contribution in [0.5, 0.6) is 0 Å². The van der Waals surface area contributed by atoms with Gasteiger partial charge in [-0.15, -0.1) is 0 Å². The number of carbonyl (C=O) groups is 1. The Bertz CT molecular complexity index is 264. The third kappa shape index (κ3) is 6.38. The zero-order valence-electron chi connectivity index (χ0n) is 9.93. The first-order valence-electron chi connectivity index (χ1n) is 5.24. The molecule has 0 saturated carbocycles. The molecule has 2 atom stereocenters. The molecule has 0 heterocycles. The second-order valence-electron chi connectivity index (χ2n) is 4.60. The highest BCUT2D eigenvalue weighted by Crippen LogP contribution is 2.12. The topological polar surface area (TPSA) is 90.6 Å². The first-order valence-corrected chi connectivity index (χ1v) is 5.24. The number of rotatable bonds is 5. The quantitative estimate of drug-likeness (QED) is 0.536. The van der Waals surface area contributed by atoms with E-state index < -0.39 is 23.8 Å². The molecule has 0 aliphatic heterocycles. The molecule has 0 bridgehead atoms. The summed E-state index contributed by atoms with van der Waals surface area (Å²) in [5, 5.41) is 27.2. The van der Waals surface area contributed by atoms with Crippen molar-refractivity contribution in [2.75, 3.05) is 0 Å². The maximum absolute atomic E-state index is 11.3. The highest BCUT2D eigenvalue weighted by Gasteiger charge is 2.28. The summed E-state index contributed by atoms with van der Waals surface area (Å²) in [7, 11) is 0. The SMILES string of the molecule is CC(C)(C)OC(=O)C(O)[C@H](O)CCCC#N. The Hall–Kier alpha value is -1.12. The number of ether oxygens (including phenoxy) is 1. The van der Waals surface area contributed by atoms with Crippen molar-refractivity contribution in [2.45, 2.75) is 57.8 Å². The number of aliphatic hydroxyl groups excluding tert-OH is 2. The van der Waals surface area contributed by atoms with Crippen molar-refractivity contribution in [1.29, 1.82) is 5.26 Å². The minimum Gasteiger partial charge on any atom is -0.458 e. The third-order valence-electron chi connectivity index (χ3n) is 1.80. The van der Waals surface area contributed by atoms with Crippen LogP contribution in [0.15, 0.2) is 0 Å². The van der Waals surface area contributed by atoms with Gasteiger partial charge >= 0.3 is 5.97 Å². The van der Waals surface area contributed by atoms with Crippen molar-refractivity contribution in [2.24, 2.45) is 0 Å². The average molecular weight is 229 g/mol. The Morgan fingerprint density at radius 2 is 2.00 bits per heavy atom. The molecular weight excluding hydrogens is 210 g/mol. The van der Waals surface area contributed by atoms with Crippen molar-refractivity contribution in [3.63, 3.8) is 0 Å². The van der Waals surface area contributed by atoms with Crippen molar-refractivity contribution in [3.05, 3.63) is 0 Å². The maximum Gasteiger partial charge on any atom is 0.338 e. The lowest BCUT2D eigenvalue weighted by Crippen LogP contribution is -2.39. The molecule has 5 nitrogen and oxygen atoms in total. The van der Waals surface area contributed by atoms with Crippen molar-refractivity contribution in [3.8, 4) is 6.07 Å². The number of carbonyl (C=O) groups excluding carboxylic acids is 1. The second kappa shape index (κ2) is 6.46. The van der Waals surface area contributed by atoms with Gasteiger partial charge in [0.1, 0.15) is 5.60 Å². The highest BCUT2D eigenvalue weighted by atomic mass is 16.6. The highest BCUT2D eigenvalue weighted by molar-refractivity contribution is 5.75. The van der Waals surface area contributed by atoms with Gasteiger partial charge in [-0.3, -0.25) is 0 Å². The summed E-state index contributed by atoms with van der Waals surface area (Å²) in [6.45, 7) is 5.04. The van der Waals surface area contributed by atoms with E-state index in [1.54, 1.807) is 20.8 Å². The van der Waals surface area contributed by atoms with Gasteiger partial charge in [-0.2, -0.15) is 5.26 Å². The van der Waals surface area contributed by atoms with E-state index in [9.17, 15) is 15.0 Å². The smallest absolute Gasteiger partial charge is 0.338 e. The van der Waals surface area contributed by atoms with Gasteiger partial charge in [0.2, 0.25) is 0 Å². The van der Waals surface area contributed by atoms with Crippen LogP contribution in [0.25, 0.3) is 0 Å². The van der Waals surface area contributed by atoms with Gasteiger partial charge in [0.15, 0.2) is 6.10 Å². The fraction of sp³-hybridized carbons (Fsp3) is 0.818. The van der Waals surface area contributed by atoms with E-state index in [4.69, 9.17) is 10.00 Å². The molecule has 5 heteroatoms. The second-order valence-corrected chi connectivity index (χ2v) is 4.60. The fourth-order valence-corrected chi connectivity index (χ4v) is 1.07. The van der Waals surface area contributed by atoms with Crippen LogP contribution in [-0.2, 0) is 9.53 Å². The van der Waals surface area contributed by atoms with Crippen LogP contribution in [0.3, 0.4) is 0 Å². The summed E-state index contributed by atoms with van der Waals surface area (Å²) < 4.78 is 4.91. The molecule has 0 saturated heterocycles. The standard InChI is InChI=1S/C11H19NO4/c1-11(2,3)16-10(15)9(14)8(13)6-4-5-7-12/h8-9,13-14H,4-6H2,1-3H3/t8-,9?/m1/s1. The molecule has 0 aliphatic rings. The van der Waals surface area contributed by atoms with Crippen LogP contribution in [0.4, 0.5) is 0 Å².